The van der Waals surface area contributed by atoms with Gasteiger partial charge in [-0.2, -0.15) is 0 Å². The highest BCUT2D eigenvalue weighted by Crippen LogP contribution is 2.39. The molecule has 0 saturated heterocycles. The maximum absolute atomic E-state index is 12.5. The molecule has 1 amide bonds. The van der Waals surface area contributed by atoms with Gasteiger partial charge in [0, 0.05) is 12.1 Å². The van der Waals surface area contributed by atoms with Gasteiger partial charge in [-0.25, -0.2) is 8.42 Å². The zero-order chi connectivity index (χ0) is 17.5. The molecule has 25 heavy (non-hydrogen) atoms. The molecule has 0 bridgehead atoms. The van der Waals surface area contributed by atoms with Gasteiger partial charge in [-0.1, -0.05) is 12.1 Å². The summed E-state index contributed by atoms with van der Waals surface area (Å²) in [6.07, 6.45) is 2.12. The van der Waals surface area contributed by atoms with Crippen molar-refractivity contribution < 1.29 is 13.2 Å². The first-order chi connectivity index (χ1) is 11.3. The summed E-state index contributed by atoms with van der Waals surface area (Å²) < 4.78 is 26.6. The van der Waals surface area contributed by atoms with E-state index in [1.807, 2.05) is 6.92 Å². The predicted octanol–water partition coefficient (Wildman–Crippen LogP) is 0.779. The largest absolute Gasteiger partial charge is 0.348 e. The molecule has 9 heteroatoms. The van der Waals surface area contributed by atoms with Crippen molar-refractivity contribution in [3.05, 3.63) is 29.8 Å². The van der Waals surface area contributed by atoms with E-state index in [1.165, 1.54) is 6.07 Å². The second kappa shape index (κ2) is 6.93. The Hall–Kier alpha value is -1.64. The van der Waals surface area contributed by atoms with E-state index >= 15 is 0 Å². The average molecular weight is 387 g/mol. The highest BCUT2D eigenvalue weighted by molar-refractivity contribution is 7.90. The van der Waals surface area contributed by atoms with Crippen molar-refractivity contribution >= 4 is 34.2 Å². The van der Waals surface area contributed by atoms with Crippen molar-refractivity contribution in [1.82, 2.24) is 10.0 Å². The number of hydrogen-bond donors (Lipinski definition) is 3. The van der Waals surface area contributed by atoms with Crippen LogP contribution in [-0.4, -0.2) is 38.3 Å². The minimum absolute atomic E-state index is 0. The van der Waals surface area contributed by atoms with Crippen LogP contribution in [-0.2, 0) is 14.8 Å². The Morgan fingerprint density at radius 2 is 2.08 bits per heavy atom. The second-order valence-electron chi connectivity index (χ2n) is 6.64. The number of nitrogens with zero attached hydrogens (tertiary/aromatic N) is 1. The number of amidine groups is 1. The molecule has 0 spiro atoms. The minimum atomic E-state index is -3.60. The number of fused-ring (bicyclic) bond motifs is 1. The molecule has 1 aromatic rings. The van der Waals surface area contributed by atoms with Crippen LogP contribution >= 0.6 is 12.4 Å². The van der Waals surface area contributed by atoms with Gasteiger partial charge >= 0.3 is 0 Å². The van der Waals surface area contributed by atoms with Crippen LogP contribution in [0.2, 0.25) is 0 Å². The number of amides is 1. The van der Waals surface area contributed by atoms with Crippen LogP contribution < -0.4 is 15.8 Å². The van der Waals surface area contributed by atoms with E-state index in [2.05, 4.69) is 15.0 Å². The zero-order valence-electron chi connectivity index (χ0n) is 14.2. The van der Waals surface area contributed by atoms with Crippen molar-refractivity contribution in [2.24, 2.45) is 16.6 Å². The number of nitrogens with two attached hydrogens (primary N) is 1. The summed E-state index contributed by atoms with van der Waals surface area (Å²) in [5.74, 6) is 0.345. The quantitative estimate of drug-likeness (QED) is 0.693. The molecule has 7 nitrogen and oxygen atoms in total. The van der Waals surface area contributed by atoms with Crippen molar-refractivity contribution in [2.75, 3.05) is 6.54 Å². The van der Waals surface area contributed by atoms with Crippen LogP contribution in [0.3, 0.4) is 0 Å². The fraction of sp³-hybridized carbons (Fsp3) is 0.500. The van der Waals surface area contributed by atoms with Crippen molar-refractivity contribution in [2.45, 2.75) is 43.2 Å². The molecule has 1 aromatic carbocycles. The smallest absolute Gasteiger partial charge is 0.263 e. The molecule has 2 aliphatic rings. The molecule has 2 atom stereocenters. The SMILES string of the molecule is CC(N=C1NS(=O)(=O)c2ccccc21)C(=O)NC(C)(CN)C1CC1.Cl. The lowest BCUT2D eigenvalue weighted by molar-refractivity contribution is -0.123. The maximum atomic E-state index is 12.5. The van der Waals surface area contributed by atoms with Gasteiger partial charge in [-0.15, -0.1) is 12.4 Å². The van der Waals surface area contributed by atoms with Crippen LogP contribution in [0.1, 0.15) is 32.3 Å². The van der Waals surface area contributed by atoms with E-state index < -0.39 is 21.6 Å². The summed E-state index contributed by atoms with van der Waals surface area (Å²) in [7, 11) is -3.60. The number of rotatable bonds is 5. The Balaban J connectivity index is 0.00000225. The molecule has 1 saturated carbocycles. The van der Waals surface area contributed by atoms with E-state index in [0.717, 1.165) is 12.8 Å². The summed E-state index contributed by atoms with van der Waals surface area (Å²) in [6.45, 7) is 3.94. The van der Waals surface area contributed by atoms with Gasteiger partial charge in [0.1, 0.15) is 11.9 Å². The molecule has 0 radical (unpaired) electrons. The summed E-state index contributed by atoms with van der Waals surface area (Å²) in [4.78, 5) is 16.9. The first-order valence-electron chi connectivity index (χ1n) is 7.99. The van der Waals surface area contributed by atoms with Gasteiger partial charge in [-0.3, -0.25) is 14.5 Å². The van der Waals surface area contributed by atoms with Crippen LogP contribution in [0.5, 0.6) is 0 Å². The topological polar surface area (TPSA) is 114 Å². The number of aliphatic imine (C=N–C) groups is 1. The van der Waals surface area contributed by atoms with Crippen molar-refractivity contribution in [3.8, 4) is 0 Å². The molecule has 1 aliphatic heterocycles. The molecule has 138 valence electrons. The second-order valence-corrected chi connectivity index (χ2v) is 8.29. The Labute approximate surface area is 153 Å². The highest BCUT2D eigenvalue weighted by Gasteiger charge is 2.42. The van der Waals surface area contributed by atoms with E-state index in [9.17, 15) is 13.2 Å². The number of sulfonamides is 1. The Bertz CT molecular complexity index is 807. The first-order valence-corrected chi connectivity index (χ1v) is 9.47. The van der Waals surface area contributed by atoms with Gasteiger partial charge in [0.2, 0.25) is 5.91 Å². The molecule has 1 aliphatic carbocycles. The molecular weight excluding hydrogens is 364 g/mol. The van der Waals surface area contributed by atoms with Gasteiger partial charge in [0.25, 0.3) is 10.0 Å². The molecule has 4 N–H and O–H groups in total. The third-order valence-electron chi connectivity index (χ3n) is 4.68. The predicted molar refractivity (Wildman–Crippen MR) is 98.3 cm³/mol. The molecule has 2 unspecified atom stereocenters. The van der Waals surface area contributed by atoms with Crippen LogP contribution in [0, 0.1) is 5.92 Å². The average Bonchev–Trinajstić information content (AvgIpc) is 3.36. The molecule has 0 aromatic heterocycles. The van der Waals surface area contributed by atoms with Crippen molar-refractivity contribution in [3.63, 3.8) is 0 Å². The normalized spacial score (nSPS) is 22.9. The van der Waals surface area contributed by atoms with Crippen LogP contribution in [0.15, 0.2) is 34.2 Å². The summed E-state index contributed by atoms with van der Waals surface area (Å²) in [6, 6.07) is 5.85. The summed E-state index contributed by atoms with van der Waals surface area (Å²) >= 11 is 0. The molecule has 1 heterocycles. The Morgan fingerprint density at radius 3 is 2.68 bits per heavy atom. The number of hydrogen-bond acceptors (Lipinski definition) is 5. The third-order valence-corrected chi connectivity index (χ3v) is 6.07. The van der Waals surface area contributed by atoms with E-state index in [4.69, 9.17) is 5.73 Å². The number of carbonyl (C=O) groups excluding carboxylic acids is 1. The molecule has 1 fully saturated rings. The highest BCUT2D eigenvalue weighted by atomic mass is 35.5. The van der Waals surface area contributed by atoms with Gasteiger partial charge in [0.15, 0.2) is 0 Å². The van der Waals surface area contributed by atoms with E-state index in [1.54, 1.807) is 25.1 Å². The number of halogens is 1. The number of carbonyl (C=O) groups is 1. The Morgan fingerprint density at radius 1 is 1.44 bits per heavy atom. The number of nitrogens with one attached hydrogen (secondary N) is 2. The zero-order valence-corrected chi connectivity index (χ0v) is 15.8. The fourth-order valence-electron chi connectivity index (χ4n) is 2.91. The van der Waals surface area contributed by atoms with Crippen LogP contribution in [0.4, 0.5) is 0 Å². The van der Waals surface area contributed by atoms with Crippen LogP contribution in [0.25, 0.3) is 0 Å². The van der Waals surface area contributed by atoms with E-state index in [-0.39, 0.29) is 29.0 Å². The maximum Gasteiger partial charge on any atom is 0.263 e. The monoisotopic (exact) mass is 386 g/mol. The summed E-state index contributed by atoms with van der Waals surface area (Å²) in [5, 5.41) is 2.98. The first kappa shape index (κ1) is 19.7. The Kier molecular flexibility index (Phi) is 5.46. The summed E-state index contributed by atoms with van der Waals surface area (Å²) in [5.41, 5.74) is 5.87. The van der Waals surface area contributed by atoms with E-state index in [0.29, 0.717) is 18.0 Å². The lowest BCUT2D eigenvalue weighted by Crippen LogP contribution is -2.55. The van der Waals surface area contributed by atoms with Gasteiger partial charge in [-0.05, 0) is 44.7 Å². The standard InChI is InChI=1S/C16H22N4O3S.ClH/c1-10(15(21)19-16(2,9-17)11-7-8-11)18-14-12-5-3-4-6-13(12)24(22,23)20-14;/h3-6,10-11H,7-9,17H2,1-2H3,(H,18,20)(H,19,21);1H. The number of benzene rings is 1. The van der Waals surface area contributed by atoms with Crippen molar-refractivity contribution in [1.29, 1.82) is 0 Å². The minimum Gasteiger partial charge on any atom is -0.348 e. The van der Waals surface area contributed by atoms with Gasteiger partial charge in [0.05, 0.1) is 10.4 Å². The lowest BCUT2D eigenvalue weighted by Gasteiger charge is -2.30. The lowest BCUT2D eigenvalue weighted by atomic mass is 9.95. The molecule has 3 rings (SSSR count). The van der Waals surface area contributed by atoms with Gasteiger partial charge < -0.3 is 11.1 Å². The third kappa shape index (κ3) is 3.80. The fourth-order valence-corrected chi connectivity index (χ4v) is 4.15. The molecular formula is C16H23ClN4O3S.